The predicted octanol–water partition coefficient (Wildman–Crippen LogP) is 1.86. The number of amides is 1. The maximum Gasteiger partial charge on any atom is 0.224 e. The molecule has 1 aliphatic carbocycles. The fourth-order valence-corrected chi connectivity index (χ4v) is 2.29. The van der Waals surface area contributed by atoms with E-state index in [1.54, 1.807) is 11.0 Å². The summed E-state index contributed by atoms with van der Waals surface area (Å²) in [6.45, 7) is 1.30. The summed E-state index contributed by atoms with van der Waals surface area (Å²) in [4.78, 5) is 18.3. The number of carbonyl (C=O) groups is 1. The number of hydrogen-bond acceptors (Lipinski definition) is 3. The average molecular weight is 270 g/mol. The van der Waals surface area contributed by atoms with E-state index in [-0.39, 0.29) is 5.91 Å². The highest BCUT2D eigenvalue weighted by molar-refractivity contribution is 5.76. The highest BCUT2D eigenvalue weighted by atomic mass is 16.2. The molecule has 0 N–H and O–H groups in total. The molecule has 0 aliphatic heterocycles. The number of aromatic nitrogens is 3. The monoisotopic (exact) mass is 270 g/mol. The van der Waals surface area contributed by atoms with Crippen LogP contribution in [0.4, 0.5) is 0 Å². The van der Waals surface area contributed by atoms with Gasteiger partial charge in [-0.25, -0.2) is 4.98 Å². The van der Waals surface area contributed by atoms with Gasteiger partial charge >= 0.3 is 0 Å². The highest BCUT2D eigenvalue weighted by Gasteiger charge is 2.32. The summed E-state index contributed by atoms with van der Waals surface area (Å²) >= 11 is 0. The van der Waals surface area contributed by atoms with Crippen molar-refractivity contribution < 1.29 is 4.79 Å². The molecule has 1 heterocycles. The Kier molecular flexibility index (Phi) is 3.76. The standard InChI is InChI=1S/C15H18N4O/c20-15(8-9-18-12-16-11-17-18)19(14-6-7-14)10-13-4-2-1-3-5-13/h1-5,11-12,14H,6-10H2. The van der Waals surface area contributed by atoms with Gasteiger partial charge in [0.15, 0.2) is 0 Å². The first-order valence-electron chi connectivity index (χ1n) is 6.99. The van der Waals surface area contributed by atoms with Gasteiger partial charge in [-0.3, -0.25) is 9.48 Å². The molecule has 1 aromatic heterocycles. The molecule has 0 saturated heterocycles. The zero-order valence-corrected chi connectivity index (χ0v) is 11.4. The Morgan fingerprint density at radius 2 is 2.10 bits per heavy atom. The summed E-state index contributed by atoms with van der Waals surface area (Å²) in [6, 6.07) is 10.6. The molecule has 104 valence electrons. The summed E-state index contributed by atoms with van der Waals surface area (Å²) in [5, 5.41) is 4.03. The van der Waals surface area contributed by atoms with Crippen LogP contribution in [0.1, 0.15) is 24.8 Å². The van der Waals surface area contributed by atoms with E-state index in [2.05, 4.69) is 22.2 Å². The fraction of sp³-hybridized carbons (Fsp3) is 0.400. The second-order valence-corrected chi connectivity index (χ2v) is 5.15. The normalized spacial score (nSPS) is 14.2. The van der Waals surface area contributed by atoms with Crippen LogP contribution in [0.2, 0.25) is 0 Å². The van der Waals surface area contributed by atoms with Crippen LogP contribution in [0.25, 0.3) is 0 Å². The first kappa shape index (κ1) is 12.8. The molecule has 1 fully saturated rings. The second kappa shape index (κ2) is 5.86. The SMILES string of the molecule is O=C(CCn1cncn1)N(Cc1ccccc1)C1CC1. The molecule has 0 radical (unpaired) electrons. The van der Waals surface area contributed by atoms with Gasteiger partial charge in [0.25, 0.3) is 0 Å². The number of rotatable bonds is 6. The van der Waals surface area contributed by atoms with E-state index < -0.39 is 0 Å². The summed E-state index contributed by atoms with van der Waals surface area (Å²) in [7, 11) is 0. The lowest BCUT2D eigenvalue weighted by Crippen LogP contribution is -2.33. The third kappa shape index (κ3) is 3.23. The highest BCUT2D eigenvalue weighted by Crippen LogP contribution is 2.29. The van der Waals surface area contributed by atoms with E-state index in [0.29, 0.717) is 25.6 Å². The van der Waals surface area contributed by atoms with Gasteiger partial charge in [0, 0.05) is 19.0 Å². The first-order chi connectivity index (χ1) is 9.83. The Morgan fingerprint density at radius 1 is 1.30 bits per heavy atom. The molecule has 0 bridgehead atoms. The van der Waals surface area contributed by atoms with Crippen molar-refractivity contribution in [2.75, 3.05) is 0 Å². The van der Waals surface area contributed by atoms with Crippen molar-refractivity contribution in [3.8, 4) is 0 Å². The van der Waals surface area contributed by atoms with Gasteiger partial charge in [0.1, 0.15) is 12.7 Å². The molecule has 1 aromatic carbocycles. The molecule has 1 aliphatic rings. The molecule has 1 saturated carbocycles. The van der Waals surface area contributed by atoms with Crippen molar-refractivity contribution >= 4 is 5.91 Å². The Morgan fingerprint density at radius 3 is 2.75 bits per heavy atom. The quantitative estimate of drug-likeness (QED) is 0.805. The lowest BCUT2D eigenvalue weighted by atomic mass is 10.2. The zero-order valence-electron chi connectivity index (χ0n) is 11.4. The predicted molar refractivity (Wildman–Crippen MR) is 74.7 cm³/mol. The van der Waals surface area contributed by atoms with Crippen molar-refractivity contribution in [1.82, 2.24) is 19.7 Å². The maximum atomic E-state index is 12.4. The Hall–Kier alpha value is -2.17. The largest absolute Gasteiger partial charge is 0.335 e. The fourth-order valence-electron chi connectivity index (χ4n) is 2.29. The molecule has 0 spiro atoms. The van der Waals surface area contributed by atoms with Crippen LogP contribution in [0.3, 0.4) is 0 Å². The van der Waals surface area contributed by atoms with Crippen molar-refractivity contribution in [3.05, 3.63) is 48.5 Å². The van der Waals surface area contributed by atoms with Crippen LogP contribution in [-0.2, 0) is 17.9 Å². The first-order valence-corrected chi connectivity index (χ1v) is 6.99. The molecule has 2 aromatic rings. The van der Waals surface area contributed by atoms with Gasteiger partial charge in [0.05, 0.1) is 6.54 Å². The minimum atomic E-state index is 0.201. The van der Waals surface area contributed by atoms with E-state index in [0.717, 1.165) is 12.8 Å². The summed E-state index contributed by atoms with van der Waals surface area (Å²) in [6.07, 6.45) is 5.87. The smallest absolute Gasteiger partial charge is 0.224 e. The topological polar surface area (TPSA) is 51.0 Å². The lowest BCUT2D eigenvalue weighted by molar-refractivity contribution is -0.132. The van der Waals surface area contributed by atoms with Crippen LogP contribution >= 0.6 is 0 Å². The second-order valence-electron chi connectivity index (χ2n) is 5.15. The average Bonchev–Trinajstić information content (AvgIpc) is 3.19. The molecule has 20 heavy (non-hydrogen) atoms. The van der Waals surface area contributed by atoms with E-state index in [4.69, 9.17) is 0 Å². The van der Waals surface area contributed by atoms with Crippen LogP contribution in [0.5, 0.6) is 0 Å². The summed E-state index contributed by atoms with van der Waals surface area (Å²) < 4.78 is 1.70. The number of carbonyl (C=O) groups excluding carboxylic acids is 1. The van der Waals surface area contributed by atoms with Crippen molar-refractivity contribution in [2.45, 2.75) is 38.4 Å². The number of hydrogen-bond donors (Lipinski definition) is 0. The molecule has 5 heteroatoms. The third-order valence-electron chi connectivity index (χ3n) is 3.53. The lowest BCUT2D eigenvalue weighted by Gasteiger charge is -2.22. The van der Waals surface area contributed by atoms with Gasteiger partial charge in [-0.15, -0.1) is 0 Å². The van der Waals surface area contributed by atoms with Crippen molar-refractivity contribution in [1.29, 1.82) is 0 Å². The van der Waals surface area contributed by atoms with Crippen LogP contribution in [0.15, 0.2) is 43.0 Å². The molecule has 3 rings (SSSR count). The maximum absolute atomic E-state index is 12.4. The third-order valence-corrected chi connectivity index (χ3v) is 3.53. The van der Waals surface area contributed by atoms with Gasteiger partial charge in [0.2, 0.25) is 5.91 Å². The van der Waals surface area contributed by atoms with Gasteiger partial charge < -0.3 is 4.90 Å². The minimum absolute atomic E-state index is 0.201. The summed E-state index contributed by atoms with van der Waals surface area (Å²) in [5.41, 5.74) is 1.19. The number of aryl methyl sites for hydroxylation is 1. The zero-order chi connectivity index (χ0) is 13.8. The van der Waals surface area contributed by atoms with Crippen molar-refractivity contribution in [3.63, 3.8) is 0 Å². The van der Waals surface area contributed by atoms with E-state index in [1.807, 2.05) is 23.1 Å². The molecule has 0 unspecified atom stereocenters. The van der Waals surface area contributed by atoms with Crippen LogP contribution in [-0.4, -0.2) is 31.6 Å². The molecule has 5 nitrogen and oxygen atoms in total. The van der Waals surface area contributed by atoms with Gasteiger partial charge in [-0.05, 0) is 18.4 Å². The van der Waals surface area contributed by atoms with E-state index >= 15 is 0 Å². The molecular formula is C15H18N4O. The molecular weight excluding hydrogens is 252 g/mol. The van der Waals surface area contributed by atoms with E-state index in [1.165, 1.54) is 11.9 Å². The minimum Gasteiger partial charge on any atom is -0.335 e. The van der Waals surface area contributed by atoms with Crippen LogP contribution in [0, 0.1) is 0 Å². The van der Waals surface area contributed by atoms with Crippen LogP contribution < -0.4 is 0 Å². The Bertz CT molecular complexity index is 549. The molecule has 1 amide bonds. The van der Waals surface area contributed by atoms with Crippen molar-refractivity contribution in [2.24, 2.45) is 0 Å². The molecule has 0 atom stereocenters. The van der Waals surface area contributed by atoms with Gasteiger partial charge in [-0.2, -0.15) is 5.10 Å². The Balaban J connectivity index is 1.60. The number of nitrogens with zero attached hydrogens (tertiary/aromatic N) is 4. The summed E-state index contributed by atoms with van der Waals surface area (Å²) in [5.74, 6) is 0.201. The van der Waals surface area contributed by atoms with Gasteiger partial charge in [-0.1, -0.05) is 30.3 Å². The number of benzene rings is 1. The van der Waals surface area contributed by atoms with E-state index in [9.17, 15) is 4.79 Å². The Labute approximate surface area is 118 Å².